The van der Waals surface area contributed by atoms with Crippen molar-refractivity contribution in [2.75, 3.05) is 54.8 Å². The van der Waals surface area contributed by atoms with E-state index >= 15 is 4.39 Å². The summed E-state index contributed by atoms with van der Waals surface area (Å²) >= 11 is 7.51. The van der Waals surface area contributed by atoms with Crippen LogP contribution in [0.3, 0.4) is 0 Å². The molecule has 296 valence electrons. The number of hydrogen-bond donors (Lipinski definition) is 3. The molecule has 6 heterocycles. The van der Waals surface area contributed by atoms with E-state index in [-0.39, 0.29) is 36.4 Å². The third-order valence-corrected chi connectivity index (χ3v) is 12.2. The Kier molecular flexibility index (Phi) is 10.7. The number of carbonyl (C=O) groups excluding carboxylic acids is 5. The number of nitrogens with one attached hydrogen (secondary N) is 3. The Labute approximate surface area is 336 Å². The fourth-order valence-electron chi connectivity index (χ4n) is 7.93. The van der Waals surface area contributed by atoms with Gasteiger partial charge in [-0.15, -0.1) is 0 Å². The fourth-order valence-corrected chi connectivity index (χ4v) is 8.92. The number of piperazine rings is 1. The highest BCUT2D eigenvalue weighted by Gasteiger charge is 2.45. The average molecular weight is 815 g/mol. The van der Waals surface area contributed by atoms with Crippen LogP contribution in [0.25, 0.3) is 0 Å². The Morgan fingerprint density at radius 2 is 1.70 bits per heavy atom. The molecule has 0 bridgehead atoms. The molecule has 0 spiro atoms. The van der Waals surface area contributed by atoms with Crippen molar-refractivity contribution in [3.8, 4) is 0 Å². The number of hydrogen-bond acceptors (Lipinski definition) is 13. The third-order valence-electron chi connectivity index (χ3n) is 11.0. The van der Waals surface area contributed by atoms with Crippen LogP contribution in [0.1, 0.15) is 73.0 Å². The van der Waals surface area contributed by atoms with Crippen molar-refractivity contribution in [2.24, 2.45) is 0 Å². The average Bonchev–Trinajstić information content (AvgIpc) is 3.75. The van der Waals surface area contributed by atoms with E-state index in [1.807, 2.05) is 32.0 Å². The number of rotatable bonds is 9. The number of piperidine rings is 2. The van der Waals surface area contributed by atoms with Crippen LogP contribution in [-0.2, 0) is 16.1 Å². The number of aryl methyl sites for hydroxylation is 2. The zero-order valence-electron chi connectivity index (χ0n) is 31.3. The topological polar surface area (TPSA) is 173 Å². The van der Waals surface area contributed by atoms with E-state index in [4.69, 9.17) is 16.6 Å². The lowest BCUT2D eigenvalue weighted by molar-refractivity contribution is -0.136. The lowest BCUT2D eigenvalue weighted by atomic mass is 10.0. The number of amides is 5. The predicted octanol–water partition coefficient (Wildman–Crippen LogP) is 4.53. The lowest BCUT2D eigenvalue weighted by Crippen LogP contribution is -2.54. The summed E-state index contributed by atoms with van der Waals surface area (Å²) < 4.78 is 15.3. The molecule has 4 aliphatic rings. The van der Waals surface area contributed by atoms with Gasteiger partial charge in [0.05, 0.1) is 28.0 Å². The molecule has 1 atom stereocenters. The number of fused-ring (bicyclic) bond motifs is 1. The van der Waals surface area contributed by atoms with Crippen LogP contribution in [0.4, 0.5) is 26.8 Å². The zero-order valence-corrected chi connectivity index (χ0v) is 32.9. The molecule has 4 aromatic rings. The van der Waals surface area contributed by atoms with Gasteiger partial charge in [-0.2, -0.15) is 0 Å². The first-order chi connectivity index (χ1) is 27.4. The van der Waals surface area contributed by atoms with Gasteiger partial charge in [0.1, 0.15) is 34.2 Å². The van der Waals surface area contributed by atoms with Gasteiger partial charge in [0, 0.05) is 69.9 Å². The maximum atomic E-state index is 15.3. The van der Waals surface area contributed by atoms with Gasteiger partial charge in [0.25, 0.3) is 17.7 Å². The first-order valence-corrected chi connectivity index (χ1v) is 20.0. The summed E-state index contributed by atoms with van der Waals surface area (Å²) in [4.78, 5) is 85.1. The van der Waals surface area contributed by atoms with Crippen molar-refractivity contribution >= 4 is 74.9 Å². The minimum Gasteiger partial charge on any atom is -0.356 e. The molecule has 3 N–H and O–H groups in total. The van der Waals surface area contributed by atoms with E-state index in [0.29, 0.717) is 57.1 Å². The monoisotopic (exact) mass is 814 g/mol. The van der Waals surface area contributed by atoms with E-state index in [0.717, 1.165) is 61.4 Å². The molecule has 0 saturated carbocycles. The number of anilines is 4. The molecule has 2 aromatic carbocycles. The standard InChI is InChI=1S/C39H40ClFN10O5S/c1-21-4-3-5-27(40)34(21)47-36(54)30-19-42-39(57-30)45-31-18-32(44-22(2)43-31)50-10-8-24(9-11-50)49-14-12-48(13-15-49)20-23-16-25-26(17-28(23)41)38(56)51(37(25)55)29-6-7-33(52)46-35(29)53/h3-5,16-19,24,29H,6-15,20H2,1-2H3,(H,47,54)(H,46,52,53)(H,42,43,44,45). The summed E-state index contributed by atoms with van der Waals surface area (Å²) in [5.41, 5.74) is 1.77. The van der Waals surface area contributed by atoms with Gasteiger partial charge in [0.15, 0.2) is 5.13 Å². The molecule has 1 unspecified atom stereocenters. The zero-order chi connectivity index (χ0) is 40.0. The minimum atomic E-state index is -1.10. The highest BCUT2D eigenvalue weighted by molar-refractivity contribution is 7.17. The molecular formula is C39H40ClFN10O5S. The van der Waals surface area contributed by atoms with Crippen LogP contribution in [0, 0.1) is 19.7 Å². The van der Waals surface area contributed by atoms with Crippen molar-refractivity contribution in [1.29, 1.82) is 0 Å². The second kappa shape index (κ2) is 15.9. The van der Waals surface area contributed by atoms with Crippen molar-refractivity contribution in [3.63, 3.8) is 0 Å². The maximum absolute atomic E-state index is 15.3. The van der Waals surface area contributed by atoms with Crippen LogP contribution in [-0.4, -0.2) is 111 Å². The smallest absolute Gasteiger partial charge is 0.267 e. The Bertz CT molecular complexity index is 2270. The van der Waals surface area contributed by atoms with E-state index in [2.05, 4.69) is 40.6 Å². The Morgan fingerprint density at radius 1 is 0.965 bits per heavy atom. The highest BCUT2D eigenvalue weighted by atomic mass is 35.5. The van der Waals surface area contributed by atoms with Crippen molar-refractivity contribution in [3.05, 3.63) is 86.4 Å². The predicted molar refractivity (Wildman–Crippen MR) is 211 cm³/mol. The summed E-state index contributed by atoms with van der Waals surface area (Å²) in [6.45, 7) is 8.68. The number of carbonyl (C=O) groups is 5. The second-order valence-electron chi connectivity index (χ2n) is 14.7. The van der Waals surface area contributed by atoms with E-state index in [1.54, 1.807) is 6.07 Å². The van der Waals surface area contributed by atoms with E-state index < -0.39 is 35.5 Å². The van der Waals surface area contributed by atoms with Crippen molar-refractivity contribution in [2.45, 2.75) is 58.2 Å². The fraction of sp³-hybridized carbons (Fsp3) is 0.385. The number of nitrogens with zero attached hydrogens (tertiary/aromatic N) is 7. The van der Waals surface area contributed by atoms with E-state index in [9.17, 15) is 24.0 Å². The number of para-hydroxylation sites is 1. The van der Waals surface area contributed by atoms with Crippen molar-refractivity contribution in [1.82, 2.24) is 35.0 Å². The summed E-state index contributed by atoms with van der Waals surface area (Å²) in [5, 5.41) is 9.28. The largest absolute Gasteiger partial charge is 0.356 e. The van der Waals surface area contributed by atoms with Gasteiger partial charge < -0.3 is 15.5 Å². The molecule has 4 aliphatic heterocycles. The molecular weight excluding hydrogens is 775 g/mol. The molecule has 57 heavy (non-hydrogen) atoms. The molecule has 0 aliphatic carbocycles. The third kappa shape index (κ3) is 7.97. The molecule has 8 rings (SSSR count). The Hall–Kier alpha value is -5.36. The number of halogens is 2. The SMILES string of the molecule is Cc1nc(Nc2ncc(C(=O)Nc3c(C)cccc3Cl)s2)cc(N2CCC(N3CCN(Cc4cc5c(cc4F)C(=O)N(C4CCC(=O)NC4=O)C5=O)CC3)CC2)n1. The molecule has 5 amide bonds. The molecule has 3 fully saturated rings. The van der Waals surface area contributed by atoms with Crippen LogP contribution in [0.2, 0.25) is 5.02 Å². The molecule has 0 radical (unpaired) electrons. The quantitative estimate of drug-likeness (QED) is 0.202. The van der Waals surface area contributed by atoms with Gasteiger partial charge in [-0.05, 0) is 56.9 Å². The number of benzene rings is 2. The highest BCUT2D eigenvalue weighted by Crippen LogP contribution is 2.32. The lowest BCUT2D eigenvalue weighted by Gasteiger charge is -2.43. The van der Waals surface area contributed by atoms with Crippen LogP contribution < -0.4 is 20.9 Å². The van der Waals surface area contributed by atoms with Gasteiger partial charge in [-0.25, -0.2) is 19.3 Å². The van der Waals surface area contributed by atoms with Crippen molar-refractivity contribution < 1.29 is 28.4 Å². The number of imide groups is 2. The summed E-state index contributed by atoms with van der Waals surface area (Å²) in [7, 11) is 0. The normalized spacial score (nSPS) is 19.5. The molecule has 15 nitrogen and oxygen atoms in total. The Morgan fingerprint density at radius 3 is 2.42 bits per heavy atom. The van der Waals surface area contributed by atoms with Gasteiger partial charge in [-0.3, -0.25) is 44.0 Å². The summed E-state index contributed by atoms with van der Waals surface area (Å²) in [5.74, 6) is -1.39. The second-order valence-corrected chi connectivity index (χ2v) is 16.1. The summed E-state index contributed by atoms with van der Waals surface area (Å²) in [6, 6.07) is 9.15. The van der Waals surface area contributed by atoms with Gasteiger partial charge >= 0.3 is 0 Å². The number of thiazole rings is 1. The molecule has 2 aromatic heterocycles. The van der Waals surface area contributed by atoms with Crippen LogP contribution >= 0.6 is 22.9 Å². The Balaban J connectivity index is 0.830. The number of aromatic nitrogens is 3. The van der Waals surface area contributed by atoms with E-state index in [1.165, 1.54) is 23.6 Å². The van der Waals surface area contributed by atoms with Gasteiger partial charge in [-0.1, -0.05) is 35.1 Å². The maximum Gasteiger partial charge on any atom is 0.267 e. The first kappa shape index (κ1) is 38.5. The first-order valence-electron chi connectivity index (χ1n) is 18.8. The minimum absolute atomic E-state index is 0.0155. The van der Waals surface area contributed by atoms with Crippen LogP contribution in [0.15, 0.2) is 42.6 Å². The molecule has 3 saturated heterocycles. The van der Waals surface area contributed by atoms with Gasteiger partial charge in [0.2, 0.25) is 11.8 Å². The van der Waals surface area contributed by atoms with Crippen LogP contribution in [0.5, 0.6) is 0 Å². The molecule has 18 heteroatoms. The summed E-state index contributed by atoms with van der Waals surface area (Å²) in [6.07, 6.45) is 3.47.